The Balaban J connectivity index is 2.36. The smallest absolute Gasteiger partial charge is 0.301 e. The van der Waals surface area contributed by atoms with E-state index in [4.69, 9.17) is 10.5 Å². The fraction of sp³-hybridized carbons (Fsp3) is 0.182. The predicted octanol–water partition coefficient (Wildman–Crippen LogP) is 2.10. The molecule has 0 bridgehead atoms. The second-order valence-corrected chi connectivity index (χ2v) is 3.42. The number of nitrogens with two attached hydrogens (primary N) is 1. The first-order chi connectivity index (χ1) is 7.18. The molecule has 0 aliphatic rings. The third kappa shape index (κ3) is 1.79. The fourth-order valence-corrected chi connectivity index (χ4v) is 1.36. The molecule has 15 heavy (non-hydrogen) atoms. The summed E-state index contributed by atoms with van der Waals surface area (Å²) >= 11 is 0. The molecule has 0 saturated heterocycles. The highest BCUT2D eigenvalue weighted by Gasteiger charge is 2.07. The van der Waals surface area contributed by atoms with Crippen molar-refractivity contribution in [1.29, 1.82) is 0 Å². The minimum absolute atomic E-state index is 0.538. The molecule has 2 aromatic rings. The first-order valence-electron chi connectivity index (χ1n) is 4.69. The highest BCUT2D eigenvalue weighted by Crippen LogP contribution is 2.29. The molecule has 1 aromatic carbocycles. The van der Waals surface area contributed by atoms with Crippen molar-refractivity contribution in [2.75, 3.05) is 5.73 Å². The number of para-hydroxylation sites is 1. The van der Waals surface area contributed by atoms with E-state index in [-0.39, 0.29) is 0 Å². The van der Waals surface area contributed by atoms with Gasteiger partial charge in [0.2, 0.25) is 0 Å². The van der Waals surface area contributed by atoms with Crippen LogP contribution >= 0.6 is 0 Å². The zero-order valence-electron chi connectivity index (χ0n) is 8.77. The molecule has 4 nitrogen and oxygen atoms in total. The molecule has 0 unspecified atom stereocenters. The maximum absolute atomic E-state index is 5.83. The van der Waals surface area contributed by atoms with Gasteiger partial charge >= 0.3 is 6.01 Å². The molecule has 0 fully saturated rings. The van der Waals surface area contributed by atoms with E-state index in [1.54, 1.807) is 10.8 Å². The molecule has 0 radical (unpaired) electrons. The molecule has 0 spiro atoms. The van der Waals surface area contributed by atoms with Crippen LogP contribution in [-0.2, 0) is 7.05 Å². The summed E-state index contributed by atoms with van der Waals surface area (Å²) in [6, 6.07) is 6.20. The minimum Gasteiger partial charge on any atom is -0.423 e. The number of imidazole rings is 1. The van der Waals surface area contributed by atoms with Gasteiger partial charge in [0, 0.05) is 19.4 Å². The lowest BCUT2D eigenvalue weighted by molar-refractivity contribution is 0.424. The minimum atomic E-state index is 0.538. The maximum Gasteiger partial charge on any atom is 0.301 e. The van der Waals surface area contributed by atoms with Crippen LogP contribution in [0.25, 0.3) is 0 Å². The summed E-state index contributed by atoms with van der Waals surface area (Å²) in [5.41, 5.74) is 7.45. The summed E-state index contributed by atoms with van der Waals surface area (Å²) < 4.78 is 7.44. The molecule has 4 heteroatoms. The van der Waals surface area contributed by atoms with Gasteiger partial charge in [-0.05, 0) is 18.6 Å². The highest BCUT2D eigenvalue weighted by molar-refractivity contribution is 5.57. The molecule has 2 rings (SSSR count). The van der Waals surface area contributed by atoms with Gasteiger partial charge in [-0.3, -0.25) is 0 Å². The van der Waals surface area contributed by atoms with Gasteiger partial charge < -0.3 is 15.0 Å². The Kier molecular flexibility index (Phi) is 2.33. The van der Waals surface area contributed by atoms with E-state index in [1.807, 2.05) is 38.4 Å². The molecule has 0 amide bonds. The molecular weight excluding hydrogens is 190 g/mol. The van der Waals surface area contributed by atoms with Gasteiger partial charge in [-0.1, -0.05) is 12.1 Å². The summed E-state index contributed by atoms with van der Waals surface area (Å²) in [6.07, 6.45) is 3.51. The van der Waals surface area contributed by atoms with Gasteiger partial charge in [-0.15, -0.1) is 0 Å². The van der Waals surface area contributed by atoms with Crippen molar-refractivity contribution in [2.24, 2.45) is 7.05 Å². The SMILES string of the molecule is Cc1cccc(N)c1Oc1nccn1C. The summed E-state index contributed by atoms with van der Waals surface area (Å²) in [7, 11) is 1.87. The Bertz CT molecular complexity index is 456. The van der Waals surface area contributed by atoms with Crippen molar-refractivity contribution in [2.45, 2.75) is 6.92 Å². The fourth-order valence-electron chi connectivity index (χ4n) is 1.36. The van der Waals surface area contributed by atoms with Crippen LogP contribution in [0.2, 0.25) is 0 Å². The average molecular weight is 203 g/mol. The predicted molar refractivity (Wildman–Crippen MR) is 58.9 cm³/mol. The van der Waals surface area contributed by atoms with Crippen LogP contribution in [0.5, 0.6) is 11.8 Å². The summed E-state index contributed by atoms with van der Waals surface area (Å²) in [5.74, 6) is 0.673. The topological polar surface area (TPSA) is 53.1 Å². The van der Waals surface area contributed by atoms with E-state index < -0.39 is 0 Å². The summed E-state index contributed by atoms with van der Waals surface area (Å²) in [4.78, 5) is 4.08. The van der Waals surface area contributed by atoms with E-state index in [0.717, 1.165) is 5.56 Å². The second-order valence-electron chi connectivity index (χ2n) is 3.42. The zero-order valence-corrected chi connectivity index (χ0v) is 8.77. The van der Waals surface area contributed by atoms with Crippen LogP contribution in [0, 0.1) is 6.92 Å². The van der Waals surface area contributed by atoms with Gasteiger partial charge in [0.25, 0.3) is 0 Å². The van der Waals surface area contributed by atoms with Crippen molar-refractivity contribution in [1.82, 2.24) is 9.55 Å². The van der Waals surface area contributed by atoms with Crippen molar-refractivity contribution in [3.8, 4) is 11.8 Å². The van der Waals surface area contributed by atoms with Gasteiger partial charge in [0.05, 0.1) is 5.69 Å². The van der Waals surface area contributed by atoms with E-state index >= 15 is 0 Å². The first kappa shape index (κ1) is 9.58. The van der Waals surface area contributed by atoms with Gasteiger partial charge in [-0.2, -0.15) is 0 Å². The molecule has 0 atom stereocenters. The summed E-state index contributed by atoms with van der Waals surface area (Å²) in [6.45, 7) is 1.95. The number of benzene rings is 1. The van der Waals surface area contributed by atoms with Crippen molar-refractivity contribution < 1.29 is 4.74 Å². The highest BCUT2D eigenvalue weighted by atomic mass is 16.5. The molecule has 78 valence electrons. The van der Waals surface area contributed by atoms with Gasteiger partial charge in [0.15, 0.2) is 5.75 Å². The van der Waals surface area contributed by atoms with Crippen LogP contribution in [-0.4, -0.2) is 9.55 Å². The third-order valence-corrected chi connectivity index (χ3v) is 2.21. The lowest BCUT2D eigenvalue weighted by Crippen LogP contribution is -1.98. The maximum atomic E-state index is 5.83. The lowest BCUT2D eigenvalue weighted by Gasteiger charge is -2.09. The van der Waals surface area contributed by atoms with Crippen molar-refractivity contribution >= 4 is 5.69 Å². The van der Waals surface area contributed by atoms with Gasteiger partial charge in [0.1, 0.15) is 0 Å². The molecule has 0 aliphatic heterocycles. The number of aryl methyl sites for hydroxylation is 2. The number of aromatic nitrogens is 2. The van der Waals surface area contributed by atoms with Crippen LogP contribution in [0.4, 0.5) is 5.69 Å². The molecule has 0 saturated carbocycles. The normalized spacial score (nSPS) is 10.3. The number of hydrogen-bond acceptors (Lipinski definition) is 3. The van der Waals surface area contributed by atoms with Crippen LogP contribution in [0.15, 0.2) is 30.6 Å². The molecule has 0 aliphatic carbocycles. The monoisotopic (exact) mass is 203 g/mol. The van der Waals surface area contributed by atoms with Crippen molar-refractivity contribution in [3.05, 3.63) is 36.2 Å². The number of anilines is 1. The first-order valence-corrected chi connectivity index (χ1v) is 4.69. The van der Waals surface area contributed by atoms with Gasteiger partial charge in [-0.25, -0.2) is 4.98 Å². The molecular formula is C11H13N3O. The Hall–Kier alpha value is -1.97. The standard InChI is InChI=1S/C11H13N3O/c1-8-4-3-5-9(12)10(8)15-11-13-6-7-14(11)2/h3-7H,12H2,1-2H3. The van der Waals surface area contributed by atoms with Crippen LogP contribution in [0.3, 0.4) is 0 Å². The molecule has 1 heterocycles. The van der Waals surface area contributed by atoms with E-state index in [2.05, 4.69) is 4.98 Å². The average Bonchev–Trinajstić information content (AvgIpc) is 2.58. The van der Waals surface area contributed by atoms with Crippen molar-refractivity contribution in [3.63, 3.8) is 0 Å². The Labute approximate surface area is 88.3 Å². The number of nitrogens with zero attached hydrogens (tertiary/aromatic N) is 2. The zero-order chi connectivity index (χ0) is 10.8. The Morgan fingerprint density at radius 1 is 1.40 bits per heavy atom. The number of nitrogen functional groups attached to an aromatic ring is 1. The second kappa shape index (κ2) is 3.65. The molecule has 1 aromatic heterocycles. The largest absolute Gasteiger partial charge is 0.423 e. The van der Waals surface area contributed by atoms with Crippen LogP contribution < -0.4 is 10.5 Å². The Morgan fingerprint density at radius 3 is 2.80 bits per heavy atom. The number of rotatable bonds is 2. The lowest BCUT2D eigenvalue weighted by atomic mass is 10.2. The Morgan fingerprint density at radius 2 is 2.20 bits per heavy atom. The van der Waals surface area contributed by atoms with Crippen LogP contribution in [0.1, 0.15) is 5.56 Å². The number of ether oxygens (including phenoxy) is 1. The number of hydrogen-bond donors (Lipinski definition) is 1. The quantitative estimate of drug-likeness (QED) is 0.760. The van der Waals surface area contributed by atoms with E-state index in [9.17, 15) is 0 Å². The molecule has 2 N–H and O–H groups in total. The summed E-state index contributed by atoms with van der Waals surface area (Å²) in [5, 5.41) is 0. The van der Waals surface area contributed by atoms with E-state index in [1.165, 1.54) is 0 Å². The third-order valence-electron chi connectivity index (χ3n) is 2.21. The van der Waals surface area contributed by atoms with E-state index in [0.29, 0.717) is 17.4 Å².